The van der Waals surface area contributed by atoms with Crippen molar-refractivity contribution in [1.82, 2.24) is 59.4 Å². The number of fused-ring (bicyclic) bond motifs is 3. The summed E-state index contributed by atoms with van der Waals surface area (Å²) in [6.07, 6.45) is 8.14. The summed E-state index contributed by atoms with van der Waals surface area (Å²) in [4.78, 5) is 30.0. The molecule has 9 aromatic rings. The molecule has 9 heterocycles. The highest BCUT2D eigenvalue weighted by Crippen LogP contribution is 2.36. The zero-order valence-corrected chi connectivity index (χ0v) is 46.6. The molecular formula is C57H72N12OS3. The van der Waals surface area contributed by atoms with Crippen LogP contribution in [0.4, 0.5) is 0 Å². The van der Waals surface area contributed by atoms with Crippen LogP contribution in [0, 0.1) is 41.5 Å². The Bertz CT molecular complexity index is 3020. The van der Waals surface area contributed by atoms with Gasteiger partial charge in [0.15, 0.2) is 6.29 Å². The predicted molar refractivity (Wildman–Crippen MR) is 302 cm³/mol. The second-order valence-corrected chi connectivity index (χ2v) is 23.2. The SMILES string of the molecule is Cc1nn(C)c(C)c1C=O.Cc1nn(C)c(C)c1CN1CCC(c2nc3ccccc3s2)CC1.Cc1nn(C)c(C)c1CN1CCC(c2nc3ccccc3s2)CC1.c1ccc2sc(C3CCNCC3)nc2c1. The lowest BCUT2D eigenvalue weighted by molar-refractivity contribution is 0.112. The minimum Gasteiger partial charge on any atom is -0.317 e. The fourth-order valence-electron chi connectivity index (χ4n) is 10.4. The van der Waals surface area contributed by atoms with Crippen LogP contribution < -0.4 is 5.32 Å². The molecule has 1 N–H and O–H groups in total. The monoisotopic (exact) mass is 1040 g/mol. The normalized spacial score (nSPS) is 16.3. The van der Waals surface area contributed by atoms with Gasteiger partial charge in [-0.05, 0) is 156 Å². The van der Waals surface area contributed by atoms with E-state index in [1.165, 1.54) is 102 Å². The molecule has 13 nitrogen and oxygen atoms in total. The van der Waals surface area contributed by atoms with Gasteiger partial charge in [0.1, 0.15) is 0 Å². The summed E-state index contributed by atoms with van der Waals surface area (Å²) in [5.74, 6) is 1.92. The second kappa shape index (κ2) is 23.8. The average molecular weight is 1040 g/mol. The quantitative estimate of drug-likeness (QED) is 0.147. The van der Waals surface area contributed by atoms with Gasteiger partial charge in [-0.15, -0.1) is 34.0 Å². The highest BCUT2D eigenvalue weighted by molar-refractivity contribution is 7.19. The molecule has 12 rings (SSSR count). The number of aryl methyl sites for hydroxylation is 6. The van der Waals surface area contributed by atoms with Gasteiger partial charge in [-0.2, -0.15) is 15.3 Å². The Hall–Kier alpha value is -5.49. The van der Waals surface area contributed by atoms with E-state index in [1.807, 2.05) is 78.4 Å². The van der Waals surface area contributed by atoms with E-state index in [9.17, 15) is 4.79 Å². The average Bonchev–Trinajstić information content (AvgIpc) is 4.27. The highest BCUT2D eigenvalue weighted by Gasteiger charge is 2.27. The van der Waals surface area contributed by atoms with Crippen molar-refractivity contribution in [3.8, 4) is 0 Å². The third kappa shape index (κ3) is 12.4. The minimum absolute atomic E-state index is 0.620. The van der Waals surface area contributed by atoms with Crippen molar-refractivity contribution in [3.05, 3.63) is 139 Å². The van der Waals surface area contributed by atoms with E-state index in [2.05, 4.69) is 131 Å². The van der Waals surface area contributed by atoms with Crippen molar-refractivity contribution in [1.29, 1.82) is 0 Å². The molecule has 73 heavy (non-hydrogen) atoms. The zero-order chi connectivity index (χ0) is 51.2. The number of carbonyl (C=O) groups is 1. The lowest BCUT2D eigenvalue weighted by Gasteiger charge is -2.31. The van der Waals surface area contributed by atoms with Crippen molar-refractivity contribution in [2.45, 2.75) is 111 Å². The smallest absolute Gasteiger partial charge is 0.153 e. The number of nitrogens with one attached hydrogen (secondary N) is 1. The van der Waals surface area contributed by atoms with E-state index in [0.717, 1.165) is 86.6 Å². The maximum atomic E-state index is 10.4. The summed E-state index contributed by atoms with van der Waals surface area (Å²) in [6.45, 7) is 21.2. The second-order valence-electron chi connectivity index (χ2n) is 20.1. The molecule has 3 aliphatic heterocycles. The van der Waals surface area contributed by atoms with Gasteiger partial charge < -0.3 is 5.32 Å². The van der Waals surface area contributed by atoms with Crippen molar-refractivity contribution in [2.75, 3.05) is 39.3 Å². The number of para-hydroxylation sites is 3. The number of rotatable bonds is 8. The molecule has 0 radical (unpaired) electrons. The highest BCUT2D eigenvalue weighted by atomic mass is 32.1. The molecular weight excluding hydrogens is 965 g/mol. The van der Waals surface area contributed by atoms with Gasteiger partial charge in [0, 0.05) is 80.2 Å². The third-order valence-corrected chi connectivity index (χ3v) is 18.9. The van der Waals surface area contributed by atoms with E-state index in [-0.39, 0.29) is 0 Å². The third-order valence-electron chi connectivity index (χ3n) is 15.3. The molecule has 3 aromatic carbocycles. The molecule has 0 atom stereocenters. The lowest BCUT2D eigenvalue weighted by Crippen LogP contribution is -2.32. The number of nitrogens with zero attached hydrogens (tertiary/aromatic N) is 11. The Morgan fingerprint density at radius 2 is 0.836 bits per heavy atom. The molecule has 16 heteroatoms. The Morgan fingerprint density at radius 3 is 1.14 bits per heavy atom. The Morgan fingerprint density at radius 1 is 0.493 bits per heavy atom. The molecule has 0 amide bonds. The first-order valence-electron chi connectivity index (χ1n) is 26.0. The number of thiazole rings is 3. The largest absolute Gasteiger partial charge is 0.317 e. The Balaban J connectivity index is 0.000000126. The van der Waals surface area contributed by atoms with Crippen LogP contribution in [-0.2, 0) is 34.2 Å². The van der Waals surface area contributed by atoms with Gasteiger partial charge in [0.25, 0.3) is 0 Å². The van der Waals surface area contributed by atoms with Gasteiger partial charge in [0.2, 0.25) is 0 Å². The maximum absolute atomic E-state index is 10.4. The molecule has 0 spiro atoms. The first-order chi connectivity index (χ1) is 35.3. The number of aromatic nitrogens is 9. The van der Waals surface area contributed by atoms with E-state index >= 15 is 0 Å². The fourth-order valence-corrected chi connectivity index (χ4v) is 13.8. The molecule has 3 aliphatic rings. The molecule has 3 fully saturated rings. The number of likely N-dealkylation sites (tertiary alicyclic amines) is 2. The Labute approximate surface area is 442 Å². The summed E-state index contributed by atoms with van der Waals surface area (Å²) in [7, 11) is 5.89. The Kier molecular flexibility index (Phi) is 17.1. The van der Waals surface area contributed by atoms with Gasteiger partial charge in [0.05, 0.1) is 68.3 Å². The van der Waals surface area contributed by atoms with Crippen LogP contribution in [0.15, 0.2) is 72.8 Å². The van der Waals surface area contributed by atoms with Crippen LogP contribution in [-0.4, -0.2) is 99.6 Å². The van der Waals surface area contributed by atoms with Gasteiger partial charge in [-0.3, -0.25) is 28.6 Å². The first-order valence-corrected chi connectivity index (χ1v) is 28.4. The topological polar surface area (TPSA) is 128 Å². The standard InChI is InChI=1S/2C19H24N4S.C12H14N2S.C7H10N2O/c2*1-13-16(14(2)22(3)21-13)12-23-10-8-15(9-11-23)19-20-17-6-4-5-7-18(17)24-19;1-2-4-11-10(3-1)14-12(15-11)9-5-7-13-8-6-9;1-5-7(4-10)6(2)9(3)8-5/h2*4-7,15H,8-12H2,1-3H3;1-4,9,13H,5-8H2;4H,1-3H3. The van der Waals surface area contributed by atoms with Crippen molar-refractivity contribution in [2.24, 2.45) is 21.1 Å². The molecule has 3 saturated heterocycles. The van der Waals surface area contributed by atoms with Crippen LogP contribution in [0.1, 0.15) is 127 Å². The number of piperidine rings is 3. The van der Waals surface area contributed by atoms with Crippen molar-refractivity contribution >= 4 is 70.9 Å². The summed E-state index contributed by atoms with van der Waals surface area (Å²) < 4.78 is 9.66. The summed E-state index contributed by atoms with van der Waals surface area (Å²) >= 11 is 5.61. The molecule has 0 saturated carbocycles. The summed E-state index contributed by atoms with van der Waals surface area (Å²) in [5.41, 5.74) is 13.6. The van der Waals surface area contributed by atoms with Crippen LogP contribution in [0.2, 0.25) is 0 Å². The number of hydrogen-bond donors (Lipinski definition) is 1. The molecule has 384 valence electrons. The lowest BCUT2D eigenvalue weighted by atomic mass is 9.97. The summed E-state index contributed by atoms with van der Waals surface area (Å²) in [6, 6.07) is 25.4. The summed E-state index contributed by atoms with van der Waals surface area (Å²) in [5, 5.41) is 20.5. The van der Waals surface area contributed by atoms with Crippen LogP contribution >= 0.6 is 34.0 Å². The first kappa shape index (κ1) is 52.4. The van der Waals surface area contributed by atoms with Crippen molar-refractivity contribution in [3.63, 3.8) is 0 Å². The molecule has 0 bridgehead atoms. The van der Waals surface area contributed by atoms with Crippen LogP contribution in [0.3, 0.4) is 0 Å². The number of carbonyl (C=O) groups excluding carboxylic acids is 1. The van der Waals surface area contributed by atoms with Crippen LogP contribution in [0.25, 0.3) is 30.6 Å². The number of benzene rings is 3. The molecule has 6 aromatic heterocycles. The van der Waals surface area contributed by atoms with Gasteiger partial charge in [-0.25, -0.2) is 15.0 Å². The number of aldehydes is 1. The van der Waals surface area contributed by atoms with E-state index in [0.29, 0.717) is 23.3 Å². The van der Waals surface area contributed by atoms with Crippen molar-refractivity contribution < 1.29 is 4.79 Å². The minimum atomic E-state index is 0.620. The number of hydrogen-bond acceptors (Lipinski definition) is 13. The molecule has 0 unspecified atom stereocenters. The van der Waals surface area contributed by atoms with E-state index in [1.54, 1.807) is 4.68 Å². The van der Waals surface area contributed by atoms with Gasteiger partial charge in [-0.1, -0.05) is 36.4 Å². The zero-order valence-electron chi connectivity index (χ0n) is 44.2. The molecule has 0 aliphatic carbocycles. The van der Waals surface area contributed by atoms with Crippen LogP contribution in [0.5, 0.6) is 0 Å². The fraction of sp³-hybridized carbons (Fsp3) is 0.456. The predicted octanol–water partition coefficient (Wildman–Crippen LogP) is 11.7. The van der Waals surface area contributed by atoms with E-state index < -0.39 is 0 Å². The maximum Gasteiger partial charge on any atom is 0.153 e. The van der Waals surface area contributed by atoms with E-state index in [4.69, 9.17) is 15.0 Å². The van der Waals surface area contributed by atoms with Gasteiger partial charge >= 0.3 is 0 Å².